The average molecular weight is 476 g/mol. The van der Waals surface area contributed by atoms with Crippen molar-refractivity contribution < 1.29 is 9.53 Å². The van der Waals surface area contributed by atoms with Gasteiger partial charge in [-0.15, -0.1) is 0 Å². The normalized spacial score (nSPS) is 10.9. The summed E-state index contributed by atoms with van der Waals surface area (Å²) in [6.45, 7) is 4.03. The Morgan fingerprint density at radius 2 is 1.79 bits per heavy atom. The molecule has 2 rings (SSSR count). The summed E-state index contributed by atoms with van der Waals surface area (Å²) in [6, 6.07) is 7.17. The second-order valence-electron chi connectivity index (χ2n) is 5.26. The van der Waals surface area contributed by atoms with Crippen molar-refractivity contribution in [2.75, 3.05) is 12.4 Å². The third-order valence-corrected chi connectivity index (χ3v) is 5.56. The molecule has 1 N–H and O–H groups in total. The Balaban J connectivity index is 2.20. The van der Waals surface area contributed by atoms with Gasteiger partial charge < -0.3 is 10.1 Å². The fourth-order valence-corrected chi connectivity index (χ4v) is 3.18. The van der Waals surface area contributed by atoms with Gasteiger partial charge in [-0.3, -0.25) is 4.79 Å². The highest BCUT2D eigenvalue weighted by atomic mass is 127. The molecule has 0 aliphatic carbocycles. The number of hydrogen-bond donors (Lipinski definition) is 1. The van der Waals surface area contributed by atoms with E-state index in [-0.39, 0.29) is 5.91 Å². The van der Waals surface area contributed by atoms with Crippen LogP contribution in [0.25, 0.3) is 6.08 Å². The molecule has 3 nitrogen and oxygen atoms in total. The van der Waals surface area contributed by atoms with E-state index >= 15 is 0 Å². The summed E-state index contributed by atoms with van der Waals surface area (Å²) < 4.78 is 6.45. The number of carbonyl (C=O) groups excluding carboxylic acids is 1. The first kappa shape index (κ1) is 19.1. The summed E-state index contributed by atoms with van der Waals surface area (Å²) in [7, 11) is 1.52. The van der Waals surface area contributed by atoms with Crippen molar-refractivity contribution in [1.29, 1.82) is 0 Å². The molecule has 0 heterocycles. The van der Waals surface area contributed by atoms with Crippen molar-refractivity contribution in [3.63, 3.8) is 0 Å². The maximum Gasteiger partial charge on any atom is 0.248 e. The lowest BCUT2D eigenvalue weighted by Gasteiger charge is -2.09. The summed E-state index contributed by atoms with van der Waals surface area (Å²) in [5, 5.41) is 3.73. The van der Waals surface area contributed by atoms with E-state index in [2.05, 4.69) is 27.9 Å². The maximum atomic E-state index is 12.2. The zero-order valence-electron chi connectivity index (χ0n) is 13.4. The molecule has 0 aliphatic rings. The van der Waals surface area contributed by atoms with Crippen molar-refractivity contribution in [1.82, 2.24) is 0 Å². The van der Waals surface area contributed by atoms with Crippen molar-refractivity contribution >= 4 is 63.5 Å². The summed E-state index contributed by atoms with van der Waals surface area (Å²) >= 11 is 14.4. The molecule has 0 saturated heterocycles. The van der Waals surface area contributed by atoms with Gasteiger partial charge in [-0.1, -0.05) is 23.2 Å². The molecule has 0 aromatic heterocycles. The molecular weight excluding hydrogens is 460 g/mol. The minimum atomic E-state index is -0.242. The number of aryl methyl sites for hydroxylation is 2. The lowest BCUT2D eigenvalue weighted by atomic mass is 10.1. The van der Waals surface area contributed by atoms with Gasteiger partial charge in [0.2, 0.25) is 5.91 Å². The van der Waals surface area contributed by atoms with Gasteiger partial charge in [-0.2, -0.15) is 0 Å². The molecule has 6 heteroatoms. The molecule has 2 aromatic rings. The van der Waals surface area contributed by atoms with E-state index in [4.69, 9.17) is 27.9 Å². The van der Waals surface area contributed by atoms with Crippen LogP contribution in [0.5, 0.6) is 5.75 Å². The zero-order valence-corrected chi connectivity index (χ0v) is 17.1. The molecule has 1 amide bonds. The number of ether oxygens (including phenoxy) is 1. The van der Waals surface area contributed by atoms with E-state index in [1.165, 1.54) is 16.8 Å². The van der Waals surface area contributed by atoms with Crippen LogP contribution >= 0.6 is 45.8 Å². The van der Waals surface area contributed by atoms with Crippen LogP contribution in [-0.4, -0.2) is 13.0 Å². The third-order valence-electron chi connectivity index (χ3n) is 3.36. The first-order chi connectivity index (χ1) is 11.3. The van der Waals surface area contributed by atoms with Gasteiger partial charge in [-0.05, 0) is 77.9 Å². The monoisotopic (exact) mass is 475 g/mol. The highest BCUT2D eigenvalue weighted by molar-refractivity contribution is 14.1. The van der Waals surface area contributed by atoms with Gasteiger partial charge in [0, 0.05) is 25.9 Å². The fourth-order valence-electron chi connectivity index (χ4n) is 2.29. The summed E-state index contributed by atoms with van der Waals surface area (Å²) in [5.74, 6) is 0.235. The Labute approximate surface area is 165 Å². The van der Waals surface area contributed by atoms with E-state index in [0.29, 0.717) is 21.4 Å². The minimum absolute atomic E-state index is 0.242. The van der Waals surface area contributed by atoms with Crippen LogP contribution in [0, 0.1) is 17.4 Å². The molecule has 2 aromatic carbocycles. The lowest BCUT2D eigenvalue weighted by Crippen LogP contribution is -2.08. The number of rotatable bonds is 4. The molecular formula is C18H16Cl2INO2. The van der Waals surface area contributed by atoms with Gasteiger partial charge in [-0.25, -0.2) is 0 Å². The molecule has 0 aliphatic heterocycles. The first-order valence-electron chi connectivity index (χ1n) is 7.10. The van der Waals surface area contributed by atoms with Crippen LogP contribution in [0.1, 0.15) is 16.7 Å². The van der Waals surface area contributed by atoms with Crippen molar-refractivity contribution in [2.45, 2.75) is 13.8 Å². The highest BCUT2D eigenvalue weighted by Gasteiger charge is 2.08. The zero-order chi connectivity index (χ0) is 17.9. The van der Waals surface area contributed by atoms with Crippen LogP contribution in [0.15, 0.2) is 30.3 Å². The third kappa shape index (κ3) is 4.65. The Bertz CT molecular complexity index is 796. The number of benzene rings is 2. The highest BCUT2D eigenvalue weighted by Crippen LogP contribution is 2.33. The summed E-state index contributed by atoms with van der Waals surface area (Å²) in [5.41, 5.74) is 3.65. The minimum Gasteiger partial charge on any atom is -0.495 e. The summed E-state index contributed by atoms with van der Waals surface area (Å²) in [4.78, 5) is 12.2. The Morgan fingerprint density at radius 1 is 1.17 bits per heavy atom. The number of anilines is 1. The van der Waals surface area contributed by atoms with E-state index in [1.807, 2.05) is 26.0 Å². The quantitative estimate of drug-likeness (QED) is 0.443. The molecule has 0 spiro atoms. The van der Waals surface area contributed by atoms with Crippen LogP contribution in [0.4, 0.5) is 5.69 Å². The fraction of sp³-hybridized carbons (Fsp3) is 0.167. The smallest absolute Gasteiger partial charge is 0.248 e. The van der Waals surface area contributed by atoms with Gasteiger partial charge >= 0.3 is 0 Å². The van der Waals surface area contributed by atoms with E-state index in [9.17, 15) is 4.79 Å². The molecule has 0 saturated carbocycles. The van der Waals surface area contributed by atoms with Gasteiger partial charge in [0.25, 0.3) is 0 Å². The number of halogens is 3. The largest absolute Gasteiger partial charge is 0.495 e. The molecule has 0 unspecified atom stereocenters. The first-order valence-corrected chi connectivity index (χ1v) is 8.94. The Morgan fingerprint density at radius 3 is 2.38 bits per heavy atom. The number of hydrogen-bond acceptors (Lipinski definition) is 2. The second kappa shape index (κ2) is 8.23. The molecule has 0 bridgehead atoms. The summed E-state index contributed by atoms with van der Waals surface area (Å²) in [6.07, 6.45) is 3.05. The molecule has 0 radical (unpaired) electrons. The standard InChI is InChI=1S/C18H16Cl2INO2/c1-10-6-14(7-11(2)17(10)21)22-16(23)5-4-12-8-13(19)9-15(20)18(12)24-3/h4-9H,1-3H3,(H,22,23)/b5-4+. The van der Waals surface area contributed by atoms with Gasteiger partial charge in [0.05, 0.1) is 12.1 Å². The van der Waals surface area contributed by atoms with Crippen LogP contribution in [0.3, 0.4) is 0 Å². The van der Waals surface area contributed by atoms with Gasteiger partial charge in [0.1, 0.15) is 5.75 Å². The van der Waals surface area contributed by atoms with Crippen LogP contribution in [-0.2, 0) is 4.79 Å². The molecule has 0 atom stereocenters. The second-order valence-corrected chi connectivity index (χ2v) is 7.18. The lowest BCUT2D eigenvalue weighted by molar-refractivity contribution is -0.111. The van der Waals surface area contributed by atoms with Crippen molar-refractivity contribution in [3.8, 4) is 5.75 Å². The van der Waals surface area contributed by atoms with E-state index in [1.54, 1.807) is 18.2 Å². The van der Waals surface area contributed by atoms with Crippen LogP contribution in [0.2, 0.25) is 10.0 Å². The van der Waals surface area contributed by atoms with E-state index < -0.39 is 0 Å². The van der Waals surface area contributed by atoms with Gasteiger partial charge in [0.15, 0.2) is 0 Å². The molecule has 0 fully saturated rings. The maximum absolute atomic E-state index is 12.2. The Hall–Kier alpha value is -1.24. The number of nitrogens with one attached hydrogen (secondary N) is 1. The number of methoxy groups -OCH3 is 1. The average Bonchev–Trinajstić information content (AvgIpc) is 2.50. The SMILES string of the molecule is COc1c(Cl)cc(Cl)cc1/C=C/C(=O)Nc1cc(C)c(I)c(C)c1. The number of amides is 1. The van der Waals surface area contributed by atoms with Crippen LogP contribution < -0.4 is 10.1 Å². The predicted octanol–water partition coefficient (Wildman–Crippen LogP) is 5.88. The topological polar surface area (TPSA) is 38.3 Å². The molecule has 126 valence electrons. The van der Waals surface area contributed by atoms with E-state index in [0.717, 1.165) is 16.8 Å². The predicted molar refractivity (Wildman–Crippen MR) is 109 cm³/mol. The van der Waals surface area contributed by atoms with Crippen molar-refractivity contribution in [2.24, 2.45) is 0 Å². The van der Waals surface area contributed by atoms with Crippen molar-refractivity contribution in [3.05, 3.63) is 60.6 Å². The number of carbonyl (C=O) groups is 1. The molecule has 24 heavy (non-hydrogen) atoms. The Kier molecular flexibility index (Phi) is 6.54.